The third-order valence-electron chi connectivity index (χ3n) is 7.23. The summed E-state index contributed by atoms with van der Waals surface area (Å²) in [4.78, 5) is 30.2. The van der Waals surface area contributed by atoms with Crippen molar-refractivity contribution in [3.63, 3.8) is 0 Å². The van der Waals surface area contributed by atoms with Crippen LogP contribution in [0.4, 0.5) is 5.69 Å². The molecule has 36 heavy (non-hydrogen) atoms. The van der Waals surface area contributed by atoms with E-state index in [-0.39, 0.29) is 11.8 Å². The second kappa shape index (κ2) is 9.91. The Morgan fingerprint density at radius 2 is 1.97 bits per heavy atom. The number of nitrogens with one attached hydrogen (secondary N) is 2. The number of anilines is 1. The zero-order valence-electron chi connectivity index (χ0n) is 21.7. The number of hydrogen-bond donors (Lipinski definition) is 4. The lowest BCUT2D eigenvalue weighted by Gasteiger charge is -2.32. The van der Waals surface area contributed by atoms with Gasteiger partial charge in [0.2, 0.25) is 5.91 Å². The Hall–Kier alpha value is -3.42. The number of nitrogens with two attached hydrogens (primary N) is 1. The van der Waals surface area contributed by atoms with Crippen LogP contribution in [0, 0.1) is 12.8 Å². The van der Waals surface area contributed by atoms with Crippen molar-refractivity contribution in [2.24, 2.45) is 11.7 Å². The Kier molecular flexibility index (Phi) is 7.07. The number of aryl methyl sites for hydroxylation is 1. The highest BCUT2D eigenvalue weighted by atomic mass is 16.3. The molecule has 1 aliphatic rings. The highest BCUT2D eigenvalue weighted by Gasteiger charge is 2.33. The minimum Gasteiger partial charge on any atom is -0.390 e. The maximum atomic E-state index is 12.5. The maximum absolute atomic E-state index is 12.5. The molecule has 5 N–H and O–H groups in total. The molecular formula is C29H36N4O3. The van der Waals surface area contributed by atoms with E-state index in [1.54, 1.807) is 12.1 Å². The minimum absolute atomic E-state index is 0.124. The number of carbonyl (C=O) groups excluding carboxylic acids is 2. The van der Waals surface area contributed by atoms with Crippen LogP contribution in [0.2, 0.25) is 0 Å². The molecule has 1 atom stereocenters. The molecular weight excluding hydrogens is 452 g/mol. The Bertz CT molecular complexity index is 1340. The quantitative estimate of drug-likeness (QED) is 0.374. The molecule has 0 radical (unpaired) electrons. The van der Waals surface area contributed by atoms with Crippen molar-refractivity contribution in [2.75, 3.05) is 26.0 Å². The predicted octanol–water partition coefficient (Wildman–Crippen LogP) is 4.17. The summed E-state index contributed by atoms with van der Waals surface area (Å²) in [5.74, 6) is -0.534. The van der Waals surface area contributed by atoms with Crippen LogP contribution >= 0.6 is 0 Å². The maximum Gasteiger partial charge on any atom is 0.250 e. The van der Waals surface area contributed by atoms with Crippen molar-refractivity contribution in [3.8, 4) is 11.1 Å². The molecule has 1 unspecified atom stereocenters. The van der Waals surface area contributed by atoms with Gasteiger partial charge in [0, 0.05) is 29.4 Å². The summed E-state index contributed by atoms with van der Waals surface area (Å²) < 4.78 is 0. The first kappa shape index (κ1) is 25.7. The van der Waals surface area contributed by atoms with Crippen molar-refractivity contribution >= 4 is 28.4 Å². The highest BCUT2D eigenvalue weighted by molar-refractivity contribution is 6.11. The first-order valence-corrected chi connectivity index (χ1v) is 12.4. The Balaban J connectivity index is 1.79. The number of hydrogen-bond acceptors (Lipinski definition) is 4. The van der Waals surface area contributed by atoms with Crippen LogP contribution in [0.15, 0.2) is 42.5 Å². The number of aromatic amines is 1. The van der Waals surface area contributed by atoms with Gasteiger partial charge in [-0.25, -0.2) is 0 Å². The van der Waals surface area contributed by atoms with Gasteiger partial charge < -0.3 is 26.0 Å². The Morgan fingerprint density at radius 1 is 1.22 bits per heavy atom. The van der Waals surface area contributed by atoms with Gasteiger partial charge in [-0.15, -0.1) is 0 Å². The number of benzene rings is 2. The molecule has 2 amide bonds. The first-order valence-electron chi connectivity index (χ1n) is 12.4. The van der Waals surface area contributed by atoms with Crippen LogP contribution in [-0.4, -0.2) is 53.0 Å². The lowest BCUT2D eigenvalue weighted by molar-refractivity contribution is -0.111. The van der Waals surface area contributed by atoms with E-state index in [2.05, 4.69) is 10.3 Å². The average molecular weight is 489 g/mol. The van der Waals surface area contributed by atoms with Crippen LogP contribution < -0.4 is 11.1 Å². The lowest BCUT2D eigenvalue weighted by Crippen LogP contribution is -2.34. The Labute approximate surface area is 212 Å². The van der Waals surface area contributed by atoms with Gasteiger partial charge in [0.05, 0.1) is 16.7 Å². The van der Waals surface area contributed by atoms with Crippen molar-refractivity contribution in [1.82, 2.24) is 9.88 Å². The molecule has 0 saturated carbocycles. The molecule has 1 heterocycles. The smallest absolute Gasteiger partial charge is 0.250 e. The third-order valence-corrected chi connectivity index (χ3v) is 7.23. The average Bonchev–Trinajstić information content (AvgIpc) is 3.18. The lowest BCUT2D eigenvalue weighted by atomic mass is 9.77. The van der Waals surface area contributed by atoms with Crippen LogP contribution in [0.1, 0.15) is 47.4 Å². The molecule has 0 spiro atoms. The number of nitrogens with zero attached hydrogens (tertiary/aromatic N) is 1. The Morgan fingerprint density at radius 3 is 2.64 bits per heavy atom. The van der Waals surface area contributed by atoms with Gasteiger partial charge in [-0.1, -0.05) is 24.3 Å². The molecule has 190 valence electrons. The fourth-order valence-electron chi connectivity index (χ4n) is 5.18. The predicted molar refractivity (Wildman–Crippen MR) is 145 cm³/mol. The van der Waals surface area contributed by atoms with Crippen molar-refractivity contribution in [1.29, 1.82) is 0 Å². The van der Waals surface area contributed by atoms with E-state index in [9.17, 15) is 14.7 Å². The number of aliphatic hydroxyl groups is 1. The van der Waals surface area contributed by atoms with Crippen LogP contribution in [0.3, 0.4) is 0 Å². The van der Waals surface area contributed by atoms with Crippen LogP contribution in [0.5, 0.6) is 0 Å². The van der Waals surface area contributed by atoms with Gasteiger partial charge in [-0.3, -0.25) is 9.59 Å². The second-order valence-corrected chi connectivity index (χ2v) is 10.6. The zero-order valence-corrected chi connectivity index (χ0v) is 21.7. The number of rotatable bonds is 7. The monoisotopic (exact) mass is 488 g/mol. The van der Waals surface area contributed by atoms with Gasteiger partial charge in [-0.05, 0) is 94.4 Å². The van der Waals surface area contributed by atoms with Gasteiger partial charge in [0.1, 0.15) is 0 Å². The van der Waals surface area contributed by atoms with E-state index in [0.717, 1.165) is 51.8 Å². The molecule has 1 aromatic heterocycles. The molecule has 2 aromatic carbocycles. The SMILES string of the molecule is Cc1c(NC(=O)C=CCN(C)C)cccc1-c1ccc(C(N)=O)c2[nH]c3c(c12)CCC(C(C)(C)O)C3. The van der Waals surface area contributed by atoms with Crippen molar-refractivity contribution in [3.05, 3.63) is 64.9 Å². The van der Waals surface area contributed by atoms with Crippen molar-refractivity contribution < 1.29 is 14.7 Å². The van der Waals surface area contributed by atoms with E-state index < -0.39 is 11.5 Å². The summed E-state index contributed by atoms with van der Waals surface area (Å²) in [7, 11) is 3.90. The molecule has 0 fully saturated rings. The normalized spacial score (nSPS) is 16.0. The van der Waals surface area contributed by atoms with E-state index in [1.807, 2.05) is 70.1 Å². The van der Waals surface area contributed by atoms with E-state index in [1.165, 1.54) is 5.56 Å². The molecule has 0 saturated heterocycles. The standard InChI is InChI=1S/C29H36N4O3/c1-17-19(8-6-9-23(17)31-25(34)10-7-15-33(4)5)20-13-14-22(28(30)35)27-26(20)21-12-11-18(29(2,3)36)16-24(21)32-27/h6-10,13-14,18,32,36H,11-12,15-16H2,1-5H3,(H2,30,35)(H,31,34). The largest absolute Gasteiger partial charge is 0.390 e. The third kappa shape index (κ3) is 5.08. The van der Waals surface area contributed by atoms with Gasteiger partial charge >= 0.3 is 0 Å². The highest BCUT2D eigenvalue weighted by Crippen LogP contribution is 2.42. The van der Waals surface area contributed by atoms with E-state index in [0.29, 0.717) is 18.5 Å². The second-order valence-electron chi connectivity index (χ2n) is 10.6. The number of carbonyl (C=O) groups is 2. The number of likely N-dealkylation sites (N-methyl/N-ethyl adjacent to an activating group) is 1. The number of H-pyrrole nitrogens is 1. The molecule has 7 nitrogen and oxygen atoms in total. The van der Waals surface area contributed by atoms with Crippen LogP contribution in [0.25, 0.3) is 22.0 Å². The molecule has 1 aliphatic carbocycles. The number of aromatic nitrogens is 1. The van der Waals surface area contributed by atoms with Gasteiger partial charge in [0.25, 0.3) is 5.91 Å². The fraction of sp³-hybridized carbons (Fsp3) is 0.379. The summed E-state index contributed by atoms with van der Waals surface area (Å²) in [6.45, 7) is 6.38. The summed E-state index contributed by atoms with van der Waals surface area (Å²) in [6.07, 6.45) is 5.74. The number of primary amides is 1. The summed E-state index contributed by atoms with van der Waals surface area (Å²) in [6, 6.07) is 9.58. The molecule has 3 aromatic rings. The van der Waals surface area contributed by atoms with Gasteiger partial charge in [-0.2, -0.15) is 0 Å². The summed E-state index contributed by atoms with van der Waals surface area (Å²) >= 11 is 0. The molecule has 0 bridgehead atoms. The minimum atomic E-state index is -0.783. The van der Waals surface area contributed by atoms with Gasteiger partial charge in [0.15, 0.2) is 0 Å². The fourth-order valence-corrected chi connectivity index (χ4v) is 5.18. The van der Waals surface area contributed by atoms with Crippen LogP contribution in [-0.2, 0) is 17.6 Å². The first-order chi connectivity index (χ1) is 17.0. The van der Waals surface area contributed by atoms with E-state index >= 15 is 0 Å². The number of amides is 2. The van der Waals surface area contributed by atoms with Crippen molar-refractivity contribution in [2.45, 2.75) is 45.6 Å². The topological polar surface area (TPSA) is 111 Å². The number of fused-ring (bicyclic) bond motifs is 3. The summed E-state index contributed by atoms with van der Waals surface area (Å²) in [5.41, 5.74) is 12.0. The van der Waals surface area contributed by atoms with E-state index in [4.69, 9.17) is 5.73 Å². The molecule has 4 rings (SSSR count). The summed E-state index contributed by atoms with van der Waals surface area (Å²) in [5, 5.41) is 14.6. The molecule has 7 heteroatoms. The zero-order chi connectivity index (χ0) is 26.2. The molecule has 0 aliphatic heterocycles.